The number of benzene rings is 1. The maximum Gasteiger partial charge on any atom is 0.227 e. The van der Waals surface area contributed by atoms with Crippen molar-refractivity contribution in [3.05, 3.63) is 23.8 Å². The third-order valence-corrected chi connectivity index (χ3v) is 3.53. The number of fused-ring (bicyclic) bond motifs is 1. The minimum absolute atomic E-state index is 0.00626. The van der Waals surface area contributed by atoms with E-state index in [9.17, 15) is 4.79 Å². The first-order valence-electron chi connectivity index (χ1n) is 6.54. The van der Waals surface area contributed by atoms with Crippen molar-refractivity contribution in [2.45, 2.75) is 24.9 Å². The molecule has 0 radical (unpaired) electrons. The van der Waals surface area contributed by atoms with Crippen LogP contribution in [0.25, 0.3) is 0 Å². The lowest BCUT2D eigenvalue weighted by atomic mass is 10.0. The van der Waals surface area contributed by atoms with Gasteiger partial charge in [-0.15, -0.1) is 0 Å². The maximum absolute atomic E-state index is 11.5. The molecule has 2 aliphatic heterocycles. The molecule has 1 saturated heterocycles. The molecule has 2 heterocycles. The van der Waals surface area contributed by atoms with Crippen molar-refractivity contribution in [1.82, 2.24) is 10.9 Å². The summed E-state index contributed by atoms with van der Waals surface area (Å²) in [7, 11) is 0. The number of anilines is 1. The lowest BCUT2D eigenvalue weighted by molar-refractivity contribution is -0.116. The summed E-state index contributed by atoms with van der Waals surface area (Å²) in [6, 6.07) is 6.40. The molecule has 0 saturated carbocycles. The van der Waals surface area contributed by atoms with Gasteiger partial charge in [0.2, 0.25) is 5.91 Å². The largest absolute Gasteiger partial charge is 0.491 e. The van der Waals surface area contributed by atoms with Crippen LogP contribution < -0.4 is 26.6 Å². The Kier molecular flexibility index (Phi) is 3.37. The molecule has 1 aromatic carbocycles. The predicted octanol–water partition coefficient (Wildman–Crippen LogP) is 0.274. The van der Waals surface area contributed by atoms with E-state index in [1.165, 1.54) is 0 Å². The molecule has 102 valence electrons. The number of carbonyl (C=O) groups excluding carboxylic acids is 1. The molecule has 6 heteroatoms. The van der Waals surface area contributed by atoms with Crippen molar-refractivity contribution < 1.29 is 9.53 Å². The number of nitrogens with one attached hydrogen (secondary N) is 3. The molecule has 1 amide bonds. The van der Waals surface area contributed by atoms with Crippen LogP contribution in [-0.2, 0) is 4.79 Å². The van der Waals surface area contributed by atoms with Crippen molar-refractivity contribution in [2.75, 3.05) is 18.5 Å². The summed E-state index contributed by atoms with van der Waals surface area (Å²) in [6.07, 6.45) is 1.33. The van der Waals surface area contributed by atoms with E-state index >= 15 is 0 Å². The molecule has 0 bridgehead atoms. The van der Waals surface area contributed by atoms with Crippen LogP contribution in [0.15, 0.2) is 18.2 Å². The van der Waals surface area contributed by atoms with Crippen LogP contribution in [0.5, 0.6) is 5.75 Å². The molecular formula is C13H18N4O2. The second-order valence-corrected chi connectivity index (χ2v) is 4.91. The zero-order valence-electron chi connectivity index (χ0n) is 10.6. The molecule has 5 N–H and O–H groups in total. The van der Waals surface area contributed by atoms with Gasteiger partial charge in [-0.1, -0.05) is 6.07 Å². The number of amides is 1. The van der Waals surface area contributed by atoms with E-state index in [1.807, 2.05) is 18.2 Å². The first kappa shape index (κ1) is 12.4. The monoisotopic (exact) mass is 262 g/mol. The topological polar surface area (TPSA) is 88.4 Å². The molecular weight excluding hydrogens is 244 g/mol. The highest BCUT2D eigenvalue weighted by atomic mass is 16.5. The zero-order chi connectivity index (χ0) is 13.2. The van der Waals surface area contributed by atoms with E-state index in [0.717, 1.165) is 23.4 Å². The van der Waals surface area contributed by atoms with Gasteiger partial charge < -0.3 is 15.8 Å². The normalized spacial score (nSPS) is 26.3. The molecule has 0 spiro atoms. The van der Waals surface area contributed by atoms with Crippen LogP contribution in [0, 0.1) is 0 Å². The van der Waals surface area contributed by atoms with Crippen molar-refractivity contribution in [2.24, 2.45) is 5.73 Å². The van der Waals surface area contributed by atoms with Gasteiger partial charge in [0.15, 0.2) is 0 Å². The van der Waals surface area contributed by atoms with E-state index in [2.05, 4.69) is 16.2 Å². The highest BCUT2D eigenvalue weighted by Gasteiger charge is 2.25. The van der Waals surface area contributed by atoms with Crippen molar-refractivity contribution in [1.29, 1.82) is 0 Å². The standard InChI is InChI=1S/C13H18N4O2/c14-7-9-6-10(17-16-9)8-1-2-12-11(5-8)15-13(18)3-4-19-12/h1-2,5,9-10,16-17H,3-4,6-7,14H2,(H,15,18). The van der Waals surface area contributed by atoms with Crippen LogP contribution in [0.4, 0.5) is 5.69 Å². The summed E-state index contributed by atoms with van der Waals surface area (Å²) >= 11 is 0. The fraction of sp³-hybridized carbons (Fsp3) is 0.462. The second-order valence-electron chi connectivity index (χ2n) is 4.91. The van der Waals surface area contributed by atoms with E-state index < -0.39 is 0 Å². The smallest absolute Gasteiger partial charge is 0.227 e. The van der Waals surface area contributed by atoms with Crippen LogP contribution in [0.1, 0.15) is 24.4 Å². The van der Waals surface area contributed by atoms with Gasteiger partial charge in [0.25, 0.3) is 0 Å². The summed E-state index contributed by atoms with van der Waals surface area (Å²) in [5.74, 6) is 0.726. The molecule has 2 unspecified atom stereocenters. The molecule has 19 heavy (non-hydrogen) atoms. The van der Waals surface area contributed by atoms with Gasteiger partial charge in [-0.25, -0.2) is 5.43 Å². The molecule has 2 atom stereocenters. The van der Waals surface area contributed by atoms with Crippen molar-refractivity contribution in [3.8, 4) is 5.75 Å². The SMILES string of the molecule is NCC1CC(c2ccc3c(c2)NC(=O)CCO3)NN1. The quantitative estimate of drug-likeness (QED) is 0.614. The number of hydrogen-bond acceptors (Lipinski definition) is 5. The number of hydrazine groups is 1. The molecule has 1 fully saturated rings. The Morgan fingerprint density at radius 2 is 2.26 bits per heavy atom. The van der Waals surface area contributed by atoms with Gasteiger partial charge in [0, 0.05) is 18.6 Å². The van der Waals surface area contributed by atoms with Gasteiger partial charge >= 0.3 is 0 Å². The summed E-state index contributed by atoms with van der Waals surface area (Å²) in [6.45, 7) is 1.03. The molecule has 1 aromatic rings. The summed E-state index contributed by atoms with van der Waals surface area (Å²) in [4.78, 5) is 11.5. The minimum Gasteiger partial charge on any atom is -0.491 e. The third kappa shape index (κ3) is 2.56. The predicted molar refractivity (Wildman–Crippen MR) is 71.7 cm³/mol. The average Bonchev–Trinajstić information content (AvgIpc) is 2.81. The van der Waals surface area contributed by atoms with E-state index in [4.69, 9.17) is 10.5 Å². The number of nitrogens with two attached hydrogens (primary N) is 1. The van der Waals surface area contributed by atoms with Crippen molar-refractivity contribution in [3.63, 3.8) is 0 Å². The highest BCUT2D eigenvalue weighted by Crippen LogP contribution is 2.32. The van der Waals surface area contributed by atoms with Gasteiger partial charge in [-0.3, -0.25) is 10.2 Å². The van der Waals surface area contributed by atoms with Gasteiger partial charge in [-0.05, 0) is 24.1 Å². The summed E-state index contributed by atoms with van der Waals surface area (Å²) < 4.78 is 5.54. The van der Waals surface area contributed by atoms with Crippen molar-refractivity contribution >= 4 is 11.6 Å². The number of ether oxygens (including phenoxy) is 1. The maximum atomic E-state index is 11.5. The molecule has 0 aliphatic carbocycles. The lowest BCUT2D eigenvalue weighted by Crippen LogP contribution is -2.35. The zero-order valence-corrected chi connectivity index (χ0v) is 10.6. The number of carbonyl (C=O) groups is 1. The van der Waals surface area contributed by atoms with Crippen LogP contribution in [-0.4, -0.2) is 25.1 Å². The average molecular weight is 262 g/mol. The Morgan fingerprint density at radius 1 is 1.37 bits per heavy atom. The van der Waals surface area contributed by atoms with Crippen LogP contribution in [0.2, 0.25) is 0 Å². The fourth-order valence-corrected chi connectivity index (χ4v) is 2.45. The van der Waals surface area contributed by atoms with Crippen LogP contribution >= 0.6 is 0 Å². The van der Waals surface area contributed by atoms with Gasteiger partial charge in [0.1, 0.15) is 5.75 Å². The third-order valence-electron chi connectivity index (χ3n) is 3.53. The highest BCUT2D eigenvalue weighted by molar-refractivity contribution is 5.93. The Morgan fingerprint density at radius 3 is 3.05 bits per heavy atom. The Labute approximate surface area is 111 Å². The molecule has 0 aromatic heterocycles. The fourth-order valence-electron chi connectivity index (χ4n) is 2.45. The van der Waals surface area contributed by atoms with E-state index in [1.54, 1.807) is 0 Å². The molecule has 3 rings (SSSR count). The Bertz CT molecular complexity index is 492. The Hall–Kier alpha value is -1.63. The molecule has 2 aliphatic rings. The first-order valence-corrected chi connectivity index (χ1v) is 6.54. The lowest BCUT2D eigenvalue weighted by Gasteiger charge is -2.13. The summed E-state index contributed by atoms with van der Waals surface area (Å²) in [5, 5.41) is 2.87. The second kappa shape index (κ2) is 5.16. The van der Waals surface area contributed by atoms with Gasteiger partial charge in [0.05, 0.1) is 18.7 Å². The summed E-state index contributed by atoms with van der Waals surface area (Å²) in [5.41, 5.74) is 13.9. The number of hydrogen-bond donors (Lipinski definition) is 4. The number of rotatable bonds is 2. The van der Waals surface area contributed by atoms with Gasteiger partial charge in [-0.2, -0.15) is 0 Å². The van der Waals surface area contributed by atoms with E-state index in [0.29, 0.717) is 19.6 Å². The van der Waals surface area contributed by atoms with E-state index in [-0.39, 0.29) is 18.0 Å². The van der Waals surface area contributed by atoms with Crippen LogP contribution in [0.3, 0.4) is 0 Å². The minimum atomic E-state index is -0.00626. The molecule has 6 nitrogen and oxygen atoms in total. The first-order chi connectivity index (χ1) is 9.26. The Balaban J connectivity index is 1.82.